The number of benzene rings is 1. The standard InChI is InChI=1S/C25H34N4OS/c1-16-21(17(2)27-24-23(16)18(3)28-29(24)25(4,5)6)12-13-22(30)26-15-14-19-8-10-20(31-7)11-9-19/h8-11H,12-15H2,1-7H3,(H,26,30). The molecular weight excluding hydrogens is 404 g/mol. The van der Waals surface area contributed by atoms with Gasteiger partial charge in [0.1, 0.15) is 0 Å². The average molecular weight is 439 g/mol. The number of pyridine rings is 1. The Morgan fingerprint density at radius 2 is 1.74 bits per heavy atom. The van der Waals surface area contributed by atoms with Crippen molar-refractivity contribution in [3.05, 3.63) is 52.3 Å². The minimum Gasteiger partial charge on any atom is -0.356 e. The van der Waals surface area contributed by atoms with Crippen molar-refractivity contribution in [3.8, 4) is 0 Å². The van der Waals surface area contributed by atoms with Gasteiger partial charge in [0.25, 0.3) is 0 Å². The quantitative estimate of drug-likeness (QED) is 0.520. The van der Waals surface area contributed by atoms with Crippen molar-refractivity contribution >= 4 is 28.7 Å². The first kappa shape index (κ1) is 23.3. The molecule has 0 radical (unpaired) electrons. The van der Waals surface area contributed by atoms with Gasteiger partial charge in [0.05, 0.1) is 11.2 Å². The van der Waals surface area contributed by atoms with Crippen molar-refractivity contribution in [1.29, 1.82) is 0 Å². The second-order valence-corrected chi connectivity index (χ2v) is 10.00. The van der Waals surface area contributed by atoms with Crippen LogP contribution < -0.4 is 5.32 Å². The van der Waals surface area contributed by atoms with Crippen LogP contribution in [0.1, 0.15) is 55.3 Å². The van der Waals surface area contributed by atoms with Crippen LogP contribution in [0.3, 0.4) is 0 Å². The highest BCUT2D eigenvalue weighted by atomic mass is 32.2. The molecule has 0 bridgehead atoms. The molecule has 31 heavy (non-hydrogen) atoms. The first-order valence-corrected chi connectivity index (χ1v) is 12.1. The van der Waals surface area contributed by atoms with Gasteiger partial charge in [-0.1, -0.05) is 12.1 Å². The second-order valence-electron chi connectivity index (χ2n) is 9.12. The number of carbonyl (C=O) groups excluding carboxylic acids is 1. The zero-order chi connectivity index (χ0) is 22.8. The molecule has 0 unspecified atom stereocenters. The second kappa shape index (κ2) is 9.43. The normalized spacial score (nSPS) is 11.8. The highest BCUT2D eigenvalue weighted by molar-refractivity contribution is 7.98. The molecule has 0 atom stereocenters. The molecule has 3 rings (SSSR count). The number of hydrogen-bond donors (Lipinski definition) is 1. The van der Waals surface area contributed by atoms with E-state index < -0.39 is 0 Å². The zero-order valence-corrected chi connectivity index (χ0v) is 20.6. The summed E-state index contributed by atoms with van der Waals surface area (Å²) in [7, 11) is 0. The fourth-order valence-corrected chi connectivity index (χ4v) is 4.42. The van der Waals surface area contributed by atoms with Gasteiger partial charge in [-0.15, -0.1) is 11.8 Å². The van der Waals surface area contributed by atoms with Gasteiger partial charge < -0.3 is 5.32 Å². The van der Waals surface area contributed by atoms with E-state index >= 15 is 0 Å². The summed E-state index contributed by atoms with van der Waals surface area (Å²) >= 11 is 1.74. The number of nitrogens with zero attached hydrogens (tertiary/aromatic N) is 3. The van der Waals surface area contributed by atoms with Crippen LogP contribution in [-0.2, 0) is 23.2 Å². The summed E-state index contributed by atoms with van der Waals surface area (Å²) in [6.07, 6.45) is 4.07. The number of thioether (sulfide) groups is 1. The molecule has 0 saturated carbocycles. The molecule has 0 aliphatic rings. The number of amides is 1. The SMILES string of the molecule is CSc1ccc(CCNC(=O)CCc2c(C)nc3c(c(C)nn3C(C)(C)C)c2C)cc1. The summed E-state index contributed by atoms with van der Waals surface area (Å²) < 4.78 is 2.01. The lowest BCUT2D eigenvalue weighted by atomic mass is 9.99. The van der Waals surface area contributed by atoms with Crippen molar-refractivity contribution in [2.75, 3.05) is 12.8 Å². The Morgan fingerprint density at radius 3 is 2.35 bits per heavy atom. The van der Waals surface area contributed by atoms with Crippen LogP contribution in [0.5, 0.6) is 0 Å². The molecule has 0 spiro atoms. The molecule has 1 aromatic carbocycles. The van der Waals surface area contributed by atoms with Crippen LogP contribution in [0.2, 0.25) is 0 Å². The summed E-state index contributed by atoms with van der Waals surface area (Å²) in [4.78, 5) is 18.6. The molecule has 5 nitrogen and oxygen atoms in total. The highest BCUT2D eigenvalue weighted by Gasteiger charge is 2.23. The van der Waals surface area contributed by atoms with E-state index in [1.165, 1.54) is 16.0 Å². The van der Waals surface area contributed by atoms with Crippen LogP contribution >= 0.6 is 11.8 Å². The number of nitrogens with one attached hydrogen (secondary N) is 1. The van der Waals surface area contributed by atoms with E-state index in [4.69, 9.17) is 10.1 Å². The number of rotatable bonds is 7. The van der Waals surface area contributed by atoms with Crippen LogP contribution in [0.25, 0.3) is 11.0 Å². The lowest BCUT2D eigenvalue weighted by Gasteiger charge is -2.20. The average Bonchev–Trinajstić information content (AvgIpc) is 3.05. The summed E-state index contributed by atoms with van der Waals surface area (Å²) in [6, 6.07) is 8.51. The highest BCUT2D eigenvalue weighted by Crippen LogP contribution is 2.29. The van der Waals surface area contributed by atoms with E-state index in [0.717, 1.165) is 34.4 Å². The fourth-order valence-electron chi connectivity index (χ4n) is 4.01. The smallest absolute Gasteiger partial charge is 0.220 e. The molecule has 0 aliphatic carbocycles. The Bertz CT molecular complexity index is 1080. The van der Waals surface area contributed by atoms with E-state index in [1.54, 1.807) is 11.8 Å². The van der Waals surface area contributed by atoms with E-state index in [1.807, 2.05) is 18.5 Å². The van der Waals surface area contributed by atoms with Crippen molar-refractivity contribution in [1.82, 2.24) is 20.1 Å². The third kappa shape index (κ3) is 5.29. The summed E-state index contributed by atoms with van der Waals surface area (Å²) in [5.74, 6) is 0.0849. The minimum atomic E-state index is -0.129. The molecule has 0 aliphatic heterocycles. The zero-order valence-electron chi connectivity index (χ0n) is 19.8. The fraction of sp³-hybridized carbons (Fsp3) is 0.480. The lowest BCUT2D eigenvalue weighted by Crippen LogP contribution is -2.26. The molecule has 0 fully saturated rings. The van der Waals surface area contributed by atoms with Crippen LogP contribution in [0, 0.1) is 20.8 Å². The molecule has 0 saturated heterocycles. The van der Waals surface area contributed by atoms with Gasteiger partial charge in [-0.05, 0) is 89.5 Å². The van der Waals surface area contributed by atoms with Gasteiger partial charge in [0.15, 0.2) is 5.65 Å². The van der Waals surface area contributed by atoms with Gasteiger partial charge in [0.2, 0.25) is 5.91 Å². The molecule has 166 valence electrons. The first-order chi connectivity index (χ1) is 14.6. The maximum Gasteiger partial charge on any atom is 0.220 e. The maximum atomic E-state index is 12.4. The summed E-state index contributed by atoms with van der Waals surface area (Å²) in [5, 5.41) is 8.93. The van der Waals surface area contributed by atoms with Gasteiger partial charge in [0, 0.05) is 28.9 Å². The number of aromatic nitrogens is 3. The van der Waals surface area contributed by atoms with Crippen LogP contribution in [0.4, 0.5) is 0 Å². The molecular formula is C25H34N4OS. The maximum absolute atomic E-state index is 12.4. The number of aryl methyl sites for hydroxylation is 3. The van der Waals surface area contributed by atoms with Gasteiger partial charge >= 0.3 is 0 Å². The third-order valence-electron chi connectivity index (χ3n) is 5.71. The van der Waals surface area contributed by atoms with Crippen LogP contribution in [0.15, 0.2) is 29.2 Å². The minimum absolute atomic E-state index is 0.0849. The number of hydrogen-bond acceptors (Lipinski definition) is 4. The summed E-state index contributed by atoms with van der Waals surface area (Å²) in [5.41, 5.74) is 6.37. The molecule has 1 N–H and O–H groups in total. The van der Waals surface area contributed by atoms with Gasteiger partial charge in [-0.3, -0.25) is 4.79 Å². The van der Waals surface area contributed by atoms with Gasteiger partial charge in [-0.25, -0.2) is 9.67 Å². The Labute approximate surface area is 190 Å². The number of carbonyl (C=O) groups is 1. The molecule has 1 amide bonds. The predicted molar refractivity (Wildman–Crippen MR) is 130 cm³/mol. The van der Waals surface area contributed by atoms with E-state index in [0.29, 0.717) is 19.4 Å². The van der Waals surface area contributed by atoms with Crippen molar-refractivity contribution in [3.63, 3.8) is 0 Å². The Morgan fingerprint density at radius 1 is 1.06 bits per heavy atom. The summed E-state index contributed by atoms with van der Waals surface area (Å²) in [6.45, 7) is 13.3. The monoisotopic (exact) mass is 438 g/mol. The Kier molecular flexibility index (Phi) is 7.10. The topological polar surface area (TPSA) is 59.8 Å². The van der Waals surface area contributed by atoms with E-state index in [2.05, 4.69) is 63.5 Å². The van der Waals surface area contributed by atoms with Crippen molar-refractivity contribution in [2.45, 2.75) is 71.2 Å². The largest absolute Gasteiger partial charge is 0.356 e. The number of fused-ring (bicyclic) bond motifs is 1. The predicted octanol–water partition coefficient (Wildman–Crippen LogP) is 5.12. The Balaban J connectivity index is 1.65. The molecule has 2 aromatic heterocycles. The third-order valence-corrected chi connectivity index (χ3v) is 6.45. The lowest BCUT2D eigenvalue weighted by molar-refractivity contribution is -0.121. The van der Waals surface area contributed by atoms with Gasteiger partial charge in [-0.2, -0.15) is 5.10 Å². The Hall–Kier alpha value is -2.34. The van der Waals surface area contributed by atoms with Crippen molar-refractivity contribution < 1.29 is 4.79 Å². The van der Waals surface area contributed by atoms with Crippen molar-refractivity contribution in [2.24, 2.45) is 0 Å². The van der Waals surface area contributed by atoms with E-state index in [9.17, 15) is 4.79 Å². The first-order valence-electron chi connectivity index (χ1n) is 10.9. The van der Waals surface area contributed by atoms with Crippen LogP contribution in [-0.4, -0.2) is 33.5 Å². The molecule has 2 heterocycles. The van der Waals surface area contributed by atoms with E-state index in [-0.39, 0.29) is 11.4 Å². The molecule has 6 heteroatoms. The molecule has 3 aromatic rings.